The number of amides is 1. The number of nitro benzene ring substituents is 1. The Morgan fingerprint density at radius 3 is 2.68 bits per heavy atom. The van der Waals surface area contributed by atoms with Crippen LogP contribution in [0.5, 0.6) is 0 Å². The van der Waals surface area contributed by atoms with Gasteiger partial charge in [-0.2, -0.15) is 0 Å². The van der Waals surface area contributed by atoms with Crippen molar-refractivity contribution in [1.29, 1.82) is 0 Å². The van der Waals surface area contributed by atoms with Gasteiger partial charge in [-0.15, -0.1) is 0 Å². The van der Waals surface area contributed by atoms with Crippen LogP contribution in [0.1, 0.15) is 30.1 Å². The Kier molecular flexibility index (Phi) is 5.29. The smallest absolute Gasteiger partial charge is 0.293 e. The number of para-hydroxylation sites is 1. The van der Waals surface area contributed by atoms with E-state index in [4.69, 9.17) is 0 Å². The summed E-state index contributed by atoms with van der Waals surface area (Å²) >= 11 is 0. The highest BCUT2D eigenvalue weighted by Crippen LogP contribution is 2.28. The second kappa shape index (κ2) is 6.72. The van der Waals surface area contributed by atoms with Gasteiger partial charge in [0.25, 0.3) is 11.6 Å². The summed E-state index contributed by atoms with van der Waals surface area (Å²) in [6.07, 6.45) is 1.90. The molecule has 6 nitrogen and oxygen atoms in total. The molecule has 104 valence electrons. The number of hydrogen-bond acceptors (Lipinski definition) is 4. The Labute approximate surface area is 112 Å². The van der Waals surface area contributed by atoms with Gasteiger partial charge >= 0.3 is 0 Å². The van der Waals surface area contributed by atoms with Gasteiger partial charge in [0.1, 0.15) is 5.69 Å². The maximum absolute atomic E-state index is 12.3. The maximum Gasteiger partial charge on any atom is 0.293 e. The zero-order valence-corrected chi connectivity index (χ0v) is 11.5. The van der Waals surface area contributed by atoms with E-state index < -0.39 is 4.92 Å². The first-order valence-corrected chi connectivity index (χ1v) is 6.23. The molecule has 0 spiro atoms. The predicted octanol–water partition coefficient (Wildman–Crippen LogP) is 2.51. The summed E-state index contributed by atoms with van der Waals surface area (Å²) in [7, 11) is 3.28. The number of rotatable bonds is 6. The summed E-state index contributed by atoms with van der Waals surface area (Å²) < 4.78 is 0. The minimum atomic E-state index is -0.491. The molecule has 1 N–H and O–H groups in total. The topological polar surface area (TPSA) is 75.5 Å². The molecule has 0 saturated carbocycles. The number of nitrogens with zero attached hydrogens (tertiary/aromatic N) is 2. The van der Waals surface area contributed by atoms with E-state index in [2.05, 4.69) is 5.32 Å². The standard InChI is InChI=1S/C13H19N3O3/c1-4-5-9-15(3)13(17)10-7-6-8-11(16(18)19)12(10)14-2/h6-8,14H,4-5,9H2,1-3H3. The van der Waals surface area contributed by atoms with Crippen LogP contribution in [0.3, 0.4) is 0 Å². The molecule has 0 bridgehead atoms. The lowest BCUT2D eigenvalue weighted by Gasteiger charge is -2.18. The molecule has 1 aromatic rings. The van der Waals surface area contributed by atoms with Gasteiger partial charge in [0.05, 0.1) is 10.5 Å². The van der Waals surface area contributed by atoms with Crippen LogP contribution in [-0.4, -0.2) is 36.4 Å². The van der Waals surface area contributed by atoms with Crippen LogP contribution < -0.4 is 5.32 Å². The first-order chi connectivity index (χ1) is 9.02. The predicted molar refractivity (Wildman–Crippen MR) is 74.5 cm³/mol. The monoisotopic (exact) mass is 265 g/mol. The fourth-order valence-corrected chi connectivity index (χ4v) is 1.84. The molecular weight excluding hydrogens is 246 g/mol. The zero-order valence-electron chi connectivity index (χ0n) is 11.5. The molecule has 0 aliphatic heterocycles. The Bertz CT molecular complexity index is 474. The van der Waals surface area contributed by atoms with E-state index in [1.54, 1.807) is 25.1 Å². The normalized spacial score (nSPS) is 10.1. The van der Waals surface area contributed by atoms with Gasteiger partial charge < -0.3 is 10.2 Å². The van der Waals surface area contributed by atoms with Gasteiger partial charge in [0.2, 0.25) is 0 Å². The number of unbranched alkanes of at least 4 members (excludes halogenated alkanes) is 1. The number of anilines is 1. The minimum Gasteiger partial charge on any atom is -0.382 e. The van der Waals surface area contributed by atoms with Gasteiger partial charge in [-0.1, -0.05) is 19.4 Å². The summed E-state index contributed by atoms with van der Waals surface area (Å²) in [5.41, 5.74) is 0.508. The Balaban J connectivity index is 3.09. The number of carbonyl (C=O) groups excluding carboxylic acids is 1. The van der Waals surface area contributed by atoms with Crippen LogP contribution in [0.15, 0.2) is 18.2 Å². The Morgan fingerprint density at radius 2 is 2.16 bits per heavy atom. The summed E-state index contributed by atoms with van der Waals surface area (Å²) in [6.45, 7) is 2.69. The molecule has 0 heterocycles. The average Bonchev–Trinajstić information content (AvgIpc) is 2.42. The molecule has 1 aromatic carbocycles. The SMILES string of the molecule is CCCCN(C)C(=O)c1cccc([N+](=O)[O-])c1NC. The van der Waals surface area contributed by atoms with Crippen molar-refractivity contribution in [2.45, 2.75) is 19.8 Å². The van der Waals surface area contributed by atoms with Gasteiger partial charge in [0.15, 0.2) is 0 Å². The van der Waals surface area contributed by atoms with Crippen molar-refractivity contribution >= 4 is 17.3 Å². The van der Waals surface area contributed by atoms with Crippen molar-refractivity contribution in [3.63, 3.8) is 0 Å². The Hall–Kier alpha value is -2.11. The van der Waals surface area contributed by atoms with E-state index in [-0.39, 0.29) is 17.3 Å². The number of nitrogens with one attached hydrogen (secondary N) is 1. The van der Waals surface area contributed by atoms with Crippen LogP contribution in [0.4, 0.5) is 11.4 Å². The van der Waals surface area contributed by atoms with Gasteiger partial charge in [-0.25, -0.2) is 0 Å². The highest BCUT2D eigenvalue weighted by molar-refractivity contribution is 6.01. The third-order valence-electron chi connectivity index (χ3n) is 2.91. The van der Waals surface area contributed by atoms with E-state index in [0.717, 1.165) is 12.8 Å². The van der Waals surface area contributed by atoms with Crippen LogP contribution in [0.25, 0.3) is 0 Å². The molecule has 0 unspecified atom stereocenters. The number of benzene rings is 1. The van der Waals surface area contributed by atoms with Gasteiger partial charge in [0, 0.05) is 26.7 Å². The molecule has 0 saturated heterocycles. The maximum atomic E-state index is 12.3. The highest BCUT2D eigenvalue weighted by Gasteiger charge is 2.22. The van der Waals surface area contributed by atoms with Crippen LogP contribution in [0.2, 0.25) is 0 Å². The molecule has 0 aliphatic rings. The highest BCUT2D eigenvalue weighted by atomic mass is 16.6. The van der Waals surface area contributed by atoms with E-state index in [1.807, 2.05) is 6.92 Å². The number of nitro groups is 1. The molecule has 1 amide bonds. The van der Waals surface area contributed by atoms with Crippen molar-refractivity contribution < 1.29 is 9.72 Å². The second-order valence-electron chi connectivity index (χ2n) is 4.29. The van der Waals surface area contributed by atoms with Gasteiger partial charge in [-0.05, 0) is 12.5 Å². The Morgan fingerprint density at radius 1 is 1.47 bits per heavy atom. The zero-order chi connectivity index (χ0) is 14.4. The molecule has 0 aromatic heterocycles. The molecule has 6 heteroatoms. The van der Waals surface area contributed by atoms with Crippen molar-refractivity contribution in [3.05, 3.63) is 33.9 Å². The molecule has 0 fully saturated rings. The fraction of sp³-hybridized carbons (Fsp3) is 0.462. The van der Waals surface area contributed by atoms with Crippen LogP contribution >= 0.6 is 0 Å². The number of carbonyl (C=O) groups is 1. The molecule has 1 rings (SSSR count). The van der Waals surface area contributed by atoms with Crippen LogP contribution in [0, 0.1) is 10.1 Å². The molecule has 0 radical (unpaired) electrons. The molecular formula is C13H19N3O3. The van der Waals surface area contributed by atoms with Gasteiger partial charge in [-0.3, -0.25) is 14.9 Å². The average molecular weight is 265 g/mol. The fourth-order valence-electron chi connectivity index (χ4n) is 1.84. The van der Waals surface area contributed by atoms with E-state index in [9.17, 15) is 14.9 Å². The minimum absolute atomic E-state index is 0.0859. The first kappa shape index (κ1) is 14.9. The number of hydrogen-bond donors (Lipinski definition) is 1. The largest absolute Gasteiger partial charge is 0.382 e. The van der Waals surface area contributed by atoms with E-state index in [1.165, 1.54) is 12.1 Å². The van der Waals surface area contributed by atoms with Crippen molar-refractivity contribution in [2.75, 3.05) is 26.0 Å². The lowest BCUT2D eigenvalue weighted by molar-refractivity contribution is -0.384. The van der Waals surface area contributed by atoms with Crippen molar-refractivity contribution in [1.82, 2.24) is 4.90 Å². The summed E-state index contributed by atoms with van der Waals surface area (Å²) in [6, 6.07) is 4.51. The third kappa shape index (κ3) is 3.43. The summed E-state index contributed by atoms with van der Waals surface area (Å²) in [4.78, 5) is 24.3. The second-order valence-corrected chi connectivity index (χ2v) is 4.29. The van der Waals surface area contributed by atoms with Crippen LogP contribution in [-0.2, 0) is 0 Å². The van der Waals surface area contributed by atoms with E-state index >= 15 is 0 Å². The lowest BCUT2D eigenvalue weighted by Crippen LogP contribution is -2.28. The third-order valence-corrected chi connectivity index (χ3v) is 2.91. The van der Waals surface area contributed by atoms with E-state index in [0.29, 0.717) is 12.1 Å². The quantitative estimate of drug-likeness (QED) is 0.633. The molecule has 0 aliphatic carbocycles. The summed E-state index contributed by atoms with van der Waals surface area (Å²) in [5, 5.41) is 13.7. The molecule has 19 heavy (non-hydrogen) atoms. The summed E-state index contributed by atoms with van der Waals surface area (Å²) in [5.74, 6) is -0.207. The van der Waals surface area contributed by atoms with Crippen molar-refractivity contribution in [3.8, 4) is 0 Å². The molecule has 0 atom stereocenters. The lowest BCUT2D eigenvalue weighted by atomic mass is 10.1. The van der Waals surface area contributed by atoms with Crippen molar-refractivity contribution in [2.24, 2.45) is 0 Å². The first-order valence-electron chi connectivity index (χ1n) is 6.23.